The van der Waals surface area contributed by atoms with E-state index in [9.17, 15) is 9.59 Å². The van der Waals surface area contributed by atoms with Gasteiger partial charge in [0.25, 0.3) is 0 Å². The lowest BCUT2D eigenvalue weighted by Gasteiger charge is -2.26. The summed E-state index contributed by atoms with van der Waals surface area (Å²) in [5.41, 5.74) is -0.654. The Morgan fingerprint density at radius 1 is 1.35 bits per heavy atom. The van der Waals surface area contributed by atoms with Crippen LogP contribution in [0.15, 0.2) is 12.2 Å². The summed E-state index contributed by atoms with van der Waals surface area (Å²) in [6, 6.07) is 0. The van der Waals surface area contributed by atoms with E-state index in [1.165, 1.54) is 0 Å². The largest absolute Gasteiger partial charge is 0.481 e. The van der Waals surface area contributed by atoms with Gasteiger partial charge in [-0.25, -0.2) is 4.79 Å². The van der Waals surface area contributed by atoms with E-state index in [1.54, 1.807) is 13.8 Å². The van der Waals surface area contributed by atoms with Crippen molar-refractivity contribution in [3.63, 3.8) is 0 Å². The lowest BCUT2D eigenvalue weighted by Crippen LogP contribution is -2.32. The van der Waals surface area contributed by atoms with Crippen LogP contribution in [0.5, 0.6) is 0 Å². The van der Waals surface area contributed by atoms with E-state index in [0.717, 1.165) is 6.54 Å². The average molecular weight is 243 g/mol. The minimum atomic E-state index is -1.09. The predicted molar refractivity (Wildman–Crippen MR) is 64.7 cm³/mol. The second kappa shape index (κ2) is 6.39. The number of aliphatic carboxylic acids is 1. The molecule has 0 spiro atoms. The number of carboxylic acids is 1. The van der Waals surface area contributed by atoms with Crippen molar-refractivity contribution < 1.29 is 19.4 Å². The Morgan fingerprint density at radius 2 is 1.88 bits per heavy atom. The van der Waals surface area contributed by atoms with E-state index in [2.05, 4.69) is 6.58 Å². The van der Waals surface area contributed by atoms with E-state index in [1.807, 2.05) is 19.0 Å². The molecule has 0 amide bonds. The number of rotatable bonds is 7. The van der Waals surface area contributed by atoms with Gasteiger partial charge < -0.3 is 14.7 Å². The lowest BCUT2D eigenvalue weighted by atomic mass is 10.0. The first kappa shape index (κ1) is 15.6. The molecule has 0 saturated heterocycles. The summed E-state index contributed by atoms with van der Waals surface area (Å²) in [7, 11) is 3.86. The molecule has 0 bridgehead atoms. The molecule has 0 unspecified atom stereocenters. The third-order valence-electron chi connectivity index (χ3n) is 2.18. The van der Waals surface area contributed by atoms with Gasteiger partial charge in [-0.1, -0.05) is 6.58 Å². The molecule has 5 heteroatoms. The molecular formula is C12H21NO4. The maximum absolute atomic E-state index is 11.5. The standard InChI is InChI=1S/C12H21NO4/c1-9(8-10(14)15)11(16)17-12(2,3)6-7-13(4)5/h1,6-8H2,2-5H3,(H,14,15). The smallest absolute Gasteiger partial charge is 0.334 e. The molecule has 0 fully saturated rings. The molecule has 5 nitrogen and oxygen atoms in total. The molecule has 0 saturated carbocycles. The molecule has 17 heavy (non-hydrogen) atoms. The van der Waals surface area contributed by atoms with Crippen LogP contribution in [0.3, 0.4) is 0 Å². The Balaban J connectivity index is 4.26. The number of esters is 1. The lowest BCUT2D eigenvalue weighted by molar-refractivity contribution is -0.153. The average Bonchev–Trinajstić information content (AvgIpc) is 2.13. The zero-order valence-electron chi connectivity index (χ0n) is 10.9. The summed E-state index contributed by atoms with van der Waals surface area (Å²) in [6.45, 7) is 7.78. The van der Waals surface area contributed by atoms with Gasteiger partial charge in [-0.15, -0.1) is 0 Å². The van der Waals surface area contributed by atoms with E-state index >= 15 is 0 Å². The minimum absolute atomic E-state index is 0.0320. The number of carboxylic acid groups (broad SMARTS) is 1. The normalized spacial score (nSPS) is 11.4. The Kier molecular flexibility index (Phi) is 5.88. The van der Waals surface area contributed by atoms with E-state index in [-0.39, 0.29) is 12.0 Å². The summed E-state index contributed by atoms with van der Waals surface area (Å²) in [6.07, 6.45) is 0.286. The molecule has 0 aromatic heterocycles. The van der Waals surface area contributed by atoms with Crippen molar-refractivity contribution in [2.75, 3.05) is 20.6 Å². The van der Waals surface area contributed by atoms with Gasteiger partial charge in [0.05, 0.1) is 6.42 Å². The van der Waals surface area contributed by atoms with Gasteiger partial charge >= 0.3 is 11.9 Å². The first-order valence-corrected chi connectivity index (χ1v) is 5.41. The van der Waals surface area contributed by atoms with Crippen LogP contribution in [0, 0.1) is 0 Å². The van der Waals surface area contributed by atoms with Gasteiger partial charge in [0.2, 0.25) is 0 Å². The molecule has 1 N–H and O–H groups in total. The van der Waals surface area contributed by atoms with Crippen molar-refractivity contribution in [1.29, 1.82) is 0 Å². The monoisotopic (exact) mass is 243 g/mol. The molecule has 0 aliphatic rings. The minimum Gasteiger partial charge on any atom is -0.481 e. The fourth-order valence-electron chi connectivity index (χ4n) is 1.12. The molecular weight excluding hydrogens is 222 g/mol. The Morgan fingerprint density at radius 3 is 2.29 bits per heavy atom. The first-order chi connectivity index (χ1) is 7.64. The van der Waals surface area contributed by atoms with Crippen LogP contribution >= 0.6 is 0 Å². The van der Waals surface area contributed by atoms with E-state index < -0.39 is 17.5 Å². The maximum atomic E-state index is 11.5. The SMILES string of the molecule is C=C(CC(=O)O)C(=O)OC(C)(C)CCN(C)C. The number of carbonyl (C=O) groups excluding carboxylic acids is 1. The second-order valence-corrected chi connectivity index (χ2v) is 4.88. The van der Waals surface area contributed by atoms with Gasteiger partial charge in [0.1, 0.15) is 5.60 Å². The highest BCUT2D eigenvalue weighted by atomic mass is 16.6. The Hall–Kier alpha value is -1.36. The fourth-order valence-corrected chi connectivity index (χ4v) is 1.12. The molecule has 0 aromatic rings. The van der Waals surface area contributed by atoms with Crippen molar-refractivity contribution in [3.8, 4) is 0 Å². The van der Waals surface area contributed by atoms with E-state index in [0.29, 0.717) is 6.42 Å². The number of ether oxygens (including phenoxy) is 1. The van der Waals surface area contributed by atoms with Gasteiger partial charge in [0.15, 0.2) is 0 Å². The van der Waals surface area contributed by atoms with Crippen molar-refractivity contribution in [1.82, 2.24) is 4.90 Å². The summed E-state index contributed by atoms with van der Waals surface area (Å²) in [5.74, 6) is -1.73. The van der Waals surface area contributed by atoms with Crippen LogP contribution in [0.1, 0.15) is 26.7 Å². The summed E-state index contributed by atoms with van der Waals surface area (Å²) < 4.78 is 5.22. The zero-order valence-corrected chi connectivity index (χ0v) is 10.9. The van der Waals surface area contributed by atoms with Crippen molar-refractivity contribution in [2.45, 2.75) is 32.3 Å². The molecule has 98 valence electrons. The quantitative estimate of drug-likeness (QED) is 0.539. The predicted octanol–water partition coefficient (Wildman–Crippen LogP) is 1.29. The fraction of sp³-hybridized carbons (Fsp3) is 0.667. The summed E-state index contributed by atoms with van der Waals surface area (Å²) in [4.78, 5) is 23.9. The van der Waals surface area contributed by atoms with Crippen LogP contribution in [-0.4, -0.2) is 48.2 Å². The molecule has 0 heterocycles. The zero-order chi connectivity index (χ0) is 13.6. The van der Waals surface area contributed by atoms with Gasteiger partial charge in [-0.2, -0.15) is 0 Å². The molecule has 0 atom stereocenters. The Bertz CT molecular complexity index is 308. The first-order valence-electron chi connectivity index (χ1n) is 5.41. The second-order valence-electron chi connectivity index (χ2n) is 4.88. The van der Waals surface area contributed by atoms with Gasteiger partial charge in [-0.05, 0) is 34.4 Å². The Labute approximate surface area is 102 Å². The number of hydrogen-bond acceptors (Lipinski definition) is 4. The van der Waals surface area contributed by atoms with Crippen LogP contribution in [0.4, 0.5) is 0 Å². The van der Waals surface area contributed by atoms with Crippen LogP contribution < -0.4 is 0 Å². The van der Waals surface area contributed by atoms with Gasteiger partial charge in [-0.3, -0.25) is 4.79 Å². The molecule has 0 radical (unpaired) electrons. The van der Waals surface area contributed by atoms with Gasteiger partial charge in [0, 0.05) is 12.1 Å². The molecule has 0 rings (SSSR count). The van der Waals surface area contributed by atoms with Crippen molar-refractivity contribution >= 4 is 11.9 Å². The summed E-state index contributed by atoms with van der Waals surface area (Å²) in [5, 5.41) is 8.53. The third kappa shape index (κ3) is 7.52. The molecule has 0 aliphatic carbocycles. The summed E-state index contributed by atoms with van der Waals surface area (Å²) >= 11 is 0. The van der Waals surface area contributed by atoms with Crippen LogP contribution in [0.25, 0.3) is 0 Å². The van der Waals surface area contributed by atoms with Crippen molar-refractivity contribution in [2.24, 2.45) is 0 Å². The highest BCUT2D eigenvalue weighted by Crippen LogP contribution is 2.17. The van der Waals surface area contributed by atoms with Crippen molar-refractivity contribution in [3.05, 3.63) is 12.2 Å². The number of hydrogen-bond donors (Lipinski definition) is 1. The number of nitrogens with zero attached hydrogens (tertiary/aromatic N) is 1. The van der Waals surface area contributed by atoms with Crippen LogP contribution in [0.2, 0.25) is 0 Å². The third-order valence-corrected chi connectivity index (χ3v) is 2.18. The highest BCUT2D eigenvalue weighted by molar-refractivity contribution is 5.93. The maximum Gasteiger partial charge on any atom is 0.334 e. The number of carbonyl (C=O) groups is 2. The molecule has 0 aliphatic heterocycles. The van der Waals surface area contributed by atoms with Crippen LogP contribution in [-0.2, 0) is 14.3 Å². The molecule has 0 aromatic carbocycles. The highest BCUT2D eigenvalue weighted by Gasteiger charge is 2.24. The topological polar surface area (TPSA) is 66.8 Å². The van der Waals surface area contributed by atoms with E-state index in [4.69, 9.17) is 9.84 Å².